The van der Waals surface area contributed by atoms with Crippen molar-refractivity contribution in [1.82, 2.24) is 9.36 Å². The summed E-state index contributed by atoms with van der Waals surface area (Å²) in [7, 11) is 0. The van der Waals surface area contributed by atoms with Crippen molar-refractivity contribution in [3.8, 4) is 11.5 Å². The number of nitrogens with zero attached hydrogens (tertiary/aromatic N) is 2. The number of carbonyl (C=O) groups is 1. The maximum absolute atomic E-state index is 13.6. The maximum Gasteiger partial charge on any atom is 0.277 e. The highest BCUT2D eigenvalue weighted by Gasteiger charge is 2.44. The summed E-state index contributed by atoms with van der Waals surface area (Å²) in [6.45, 7) is 4.22. The van der Waals surface area contributed by atoms with Crippen molar-refractivity contribution < 1.29 is 14.3 Å². The Kier molecular flexibility index (Phi) is 3.85. The fourth-order valence-electron chi connectivity index (χ4n) is 5.29. The maximum atomic E-state index is 13.6. The largest absolute Gasteiger partial charge is 0.454 e. The van der Waals surface area contributed by atoms with Crippen LogP contribution in [0.15, 0.2) is 57.6 Å². The van der Waals surface area contributed by atoms with Gasteiger partial charge in [-0.1, -0.05) is 32.0 Å². The molecule has 0 saturated carbocycles. The first-order chi connectivity index (χ1) is 15.3. The van der Waals surface area contributed by atoms with Crippen molar-refractivity contribution in [2.45, 2.75) is 39.2 Å². The van der Waals surface area contributed by atoms with Crippen molar-refractivity contribution in [1.29, 1.82) is 0 Å². The highest BCUT2D eigenvalue weighted by atomic mass is 16.7. The summed E-state index contributed by atoms with van der Waals surface area (Å²) in [6, 6.07) is 11.9. The zero-order valence-corrected chi connectivity index (χ0v) is 17.9. The molecule has 2 aliphatic heterocycles. The summed E-state index contributed by atoms with van der Waals surface area (Å²) >= 11 is 0. The third-order valence-corrected chi connectivity index (χ3v) is 6.65. The lowest BCUT2D eigenvalue weighted by molar-refractivity contribution is -0.118. The third kappa shape index (κ3) is 2.63. The summed E-state index contributed by atoms with van der Waals surface area (Å²) in [4.78, 5) is 40.4. The number of aromatic nitrogens is 2. The Hall–Kier alpha value is -3.61. The minimum Gasteiger partial charge on any atom is -0.454 e. The van der Waals surface area contributed by atoms with E-state index in [0.29, 0.717) is 52.8 Å². The molecular weight excluding hydrogens is 408 g/mol. The summed E-state index contributed by atoms with van der Waals surface area (Å²) in [6.07, 6.45) is 1.35. The molecular formula is C25H22N2O5. The zero-order chi connectivity index (χ0) is 22.2. The van der Waals surface area contributed by atoms with E-state index >= 15 is 0 Å². The highest BCUT2D eigenvalue weighted by molar-refractivity contribution is 6.04. The molecule has 162 valence electrons. The SMILES string of the molecule is CC1(C)CC(=O)C2=C(C1)n1c(=O)c3ccccc3c(=O)n1C2Cc1ccc2c(c1)OCO2. The first-order valence-electron chi connectivity index (χ1n) is 10.8. The normalized spacial score (nSPS) is 20.6. The summed E-state index contributed by atoms with van der Waals surface area (Å²) < 4.78 is 13.9. The summed E-state index contributed by atoms with van der Waals surface area (Å²) in [5, 5.41) is 0.746. The second-order valence-corrected chi connectivity index (χ2v) is 9.52. The van der Waals surface area contributed by atoms with Crippen molar-refractivity contribution >= 4 is 22.3 Å². The number of carbonyl (C=O) groups excluding carboxylic acids is 1. The molecule has 0 saturated heterocycles. The monoisotopic (exact) mass is 430 g/mol. The Labute approximate surface area is 183 Å². The molecule has 0 radical (unpaired) electrons. The first-order valence-corrected chi connectivity index (χ1v) is 10.8. The van der Waals surface area contributed by atoms with Crippen LogP contribution in [0.25, 0.3) is 16.5 Å². The van der Waals surface area contributed by atoms with Crippen molar-refractivity contribution in [3.05, 3.63) is 74.3 Å². The lowest BCUT2D eigenvalue weighted by atomic mass is 9.74. The van der Waals surface area contributed by atoms with Crippen LogP contribution < -0.4 is 20.6 Å². The summed E-state index contributed by atoms with van der Waals surface area (Å²) in [5.41, 5.74) is 1.35. The van der Waals surface area contributed by atoms with Gasteiger partial charge in [0.2, 0.25) is 6.79 Å². The van der Waals surface area contributed by atoms with Crippen LogP contribution in [0.1, 0.15) is 38.3 Å². The predicted octanol–water partition coefficient (Wildman–Crippen LogP) is 3.29. The molecule has 1 aromatic heterocycles. The molecule has 1 atom stereocenters. The molecule has 0 bridgehead atoms. The Morgan fingerprint density at radius 2 is 1.66 bits per heavy atom. The van der Waals surface area contributed by atoms with Crippen molar-refractivity contribution in [2.24, 2.45) is 5.41 Å². The van der Waals surface area contributed by atoms with Gasteiger partial charge in [0.05, 0.1) is 22.5 Å². The topological polar surface area (TPSA) is 79.5 Å². The molecule has 0 fully saturated rings. The Morgan fingerprint density at radius 3 is 2.44 bits per heavy atom. The third-order valence-electron chi connectivity index (χ3n) is 6.65. The number of rotatable bonds is 2. The standard InChI is InChI=1S/C25H22N2O5/c1-25(2)11-18-22(19(28)12-25)17(9-14-7-8-20-21(10-14)32-13-31-20)26-23(29)15-5-3-4-6-16(15)24(30)27(18)26/h3-8,10,17H,9,11-13H2,1-2H3. The van der Waals surface area contributed by atoms with Crippen LogP contribution in [-0.4, -0.2) is 21.9 Å². The molecule has 32 heavy (non-hydrogen) atoms. The van der Waals surface area contributed by atoms with Gasteiger partial charge in [0.1, 0.15) is 0 Å². The van der Waals surface area contributed by atoms with E-state index in [2.05, 4.69) is 0 Å². The van der Waals surface area contributed by atoms with Gasteiger partial charge in [-0.3, -0.25) is 14.4 Å². The molecule has 7 nitrogen and oxygen atoms in total. The van der Waals surface area contributed by atoms with Gasteiger partial charge in [-0.15, -0.1) is 0 Å². The van der Waals surface area contributed by atoms with Crippen LogP contribution in [0.3, 0.4) is 0 Å². The predicted molar refractivity (Wildman–Crippen MR) is 119 cm³/mol. The highest BCUT2D eigenvalue weighted by Crippen LogP contribution is 2.46. The minimum atomic E-state index is -0.543. The molecule has 1 aliphatic carbocycles. The molecule has 0 spiro atoms. The van der Waals surface area contributed by atoms with Gasteiger partial charge in [0.25, 0.3) is 11.1 Å². The molecule has 2 aromatic carbocycles. The van der Waals surface area contributed by atoms with Crippen molar-refractivity contribution in [2.75, 3.05) is 6.79 Å². The van der Waals surface area contributed by atoms with Crippen LogP contribution >= 0.6 is 0 Å². The van der Waals surface area contributed by atoms with E-state index in [1.54, 1.807) is 24.3 Å². The fraction of sp³-hybridized carbons (Fsp3) is 0.320. The van der Waals surface area contributed by atoms with Gasteiger partial charge in [-0.05, 0) is 48.1 Å². The molecule has 7 heteroatoms. The van der Waals surface area contributed by atoms with Crippen LogP contribution in [-0.2, 0) is 11.2 Å². The van der Waals surface area contributed by atoms with Gasteiger partial charge in [-0.25, -0.2) is 9.36 Å². The van der Waals surface area contributed by atoms with E-state index in [4.69, 9.17) is 9.47 Å². The number of ether oxygens (including phenoxy) is 2. The van der Waals surface area contributed by atoms with Gasteiger partial charge in [0, 0.05) is 12.0 Å². The fourth-order valence-corrected chi connectivity index (χ4v) is 5.29. The van der Waals surface area contributed by atoms with E-state index in [1.165, 1.54) is 9.36 Å². The van der Waals surface area contributed by atoms with Gasteiger partial charge >= 0.3 is 0 Å². The van der Waals surface area contributed by atoms with Gasteiger partial charge in [-0.2, -0.15) is 0 Å². The average molecular weight is 430 g/mol. The molecule has 6 rings (SSSR count). The van der Waals surface area contributed by atoms with E-state index in [0.717, 1.165) is 5.56 Å². The minimum absolute atomic E-state index is 0.000972. The van der Waals surface area contributed by atoms with Crippen LogP contribution in [0.5, 0.6) is 11.5 Å². The lowest BCUT2D eigenvalue weighted by Gasteiger charge is -2.30. The van der Waals surface area contributed by atoms with Crippen LogP contribution in [0.2, 0.25) is 0 Å². The molecule has 3 heterocycles. The van der Waals surface area contributed by atoms with E-state index in [-0.39, 0.29) is 29.1 Å². The smallest absolute Gasteiger partial charge is 0.277 e. The number of benzene rings is 2. The van der Waals surface area contributed by atoms with Crippen LogP contribution in [0, 0.1) is 5.41 Å². The van der Waals surface area contributed by atoms with E-state index in [9.17, 15) is 14.4 Å². The first kappa shape index (κ1) is 19.1. The Bertz CT molecular complexity index is 1470. The molecule has 3 aliphatic rings. The molecule has 0 amide bonds. The number of allylic oxidation sites excluding steroid dienone is 2. The quantitative estimate of drug-likeness (QED) is 0.623. The summed E-state index contributed by atoms with van der Waals surface area (Å²) in [5.74, 6) is 1.32. The number of hydrogen-bond donors (Lipinski definition) is 0. The number of hydrogen-bond acceptors (Lipinski definition) is 5. The second kappa shape index (κ2) is 6.45. The lowest BCUT2D eigenvalue weighted by Crippen LogP contribution is -2.37. The number of Topliss-reactive ketones (excluding diaryl/α,β-unsaturated/α-hetero) is 1. The molecule has 1 unspecified atom stereocenters. The molecule has 0 N–H and O–H groups in total. The van der Waals surface area contributed by atoms with Gasteiger partial charge < -0.3 is 9.47 Å². The Morgan fingerprint density at radius 1 is 0.938 bits per heavy atom. The number of fused-ring (bicyclic) bond motifs is 4. The second-order valence-electron chi connectivity index (χ2n) is 9.52. The van der Waals surface area contributed by atoms with E-state index in [1.807, 2.05) is 32.0 Å². The zero-order valence-electron chi connectivity index (χ0n) is 17.9. The number of ketones is 1. The average Bonchev–Trinajstić information content (AvgIpc) is 3.34. The Balaban J connectivity index is 1.60. The van der Waals surface area contributed by atoms with Gasteiger partial charge in [0.15, 0.2) is 17.3 Å². The van der Waals surface area contributed by atoms with E-state index < -0.39 is 6.04 Å². The van der Waals surface area contributed by atoms with Crippen molar-refractivity contribution in [3.63, 3.8) is 0 Å². The van der Waals surface area contributed by atoms with Crippen LogP contribution in [0.4, 0.5) is 0 Å². The molecule has 3 aromatic rings.